The first kappa shape index (κ1) is 11.8. The fourth-order valence-corrected chi connectivity index (χ4v) is 3.00. The Bertz CT molecular complexity index is 467. The number of pyridine rings is 1. The number of aromatic nitrogens is 1. The summed E-state index contributed by atoms with van der Waals surface area (Å²) in [6, 6.07) is 3.99. The second kappa shape index (κ2) is 4.44. The molecule has 1 aromatic heterocycles. The molecule has 2 aliphatic rings. The molecule has 4 nitrogen and oxygen atoms in total. The van der Waals surface area contributed by atoms with Crippen molar-refractivity contribution < 1.29 is 9.53 Å². The largest absolute Gasteiger partial charge is 0.381 e. The van der Waals surface area contributed by atoms with Crippen LogP contribution in [0.25, 0.3) is 0 Å². The molecule has 1 aliphatic carbocycles. The van der Waals surface area contributed by atoms with E-state index in [4.69, 9.17) is 10.5 Å². The van der Waals surface area contributed by atoms with Gasteiger partial charge in [0, 0.05) is 19.4 Å². The number of Topliss-reactive ketones (excluding diaryl/α,β-unsaturated/α-hetero) is 1. The van der Waals surface area contributed by atoms with Crippen LogP contribution in [-0.2, 0) is 16.0 Å². The molecule has 3 rings (SSSR count). The summed E-state index contributed by atoms with van der Waals surface area (Å²) in [4.78, 5) is 17.0. The van der Waals surface area contributed by atoms with Gasteiger partial charge in [0.05, 0.1) is 17.2 Å². The smallest absolute Gasteiger partial charge is 0.161 e. The summed E-state index contributed by atoms with van der Waals surface area (Å²) in [7, 11) is 0. The third kappa shape index (κ3) is 1.85. The van der Waals surface area contributed by atoms with Crippen molar-refractivity contribution in [2.75, 3.05) is 13.2 Å². The third-order valence-corrected chi connectivity index (χ3v) is 4.15. The number of hydrogen-bond donors (Lipinski definition) is 1. The SMILES string of the molecule is NC1(C(=O)C2CCc3cccnc32)CCOCC1. The molecular formula is C14H18N2O2. The van der Waals surface area contributed by atoms with Crippen molar-refractivity contribution in [1.82, 2.24) is 4.98 Å². The van der Waals surface area contributed by atoms with Gasteiger partial charge in [-0.3, -0.25) is 9.78 Å². The Balaban J connectivity index is 1.86. The molecule has 4 heteroatoms. The normalized spacial score (nSPS) is 25.7. The average molecular weight is 246 g/mol. The summed E-state index contributed by atoms with van der Waals surface area (Å²) >= 11 is 0. The number of ether oxygens (including phenoxy) is 1. The van der Waals surface area contributed by atoms with Gasteiger partial charge in [-0.05, 0) is 37.3 Å². The van der Waals surface area contributed by atoms with Crippen molar-refractivity contribution in [3.8, 4) is 0 Å². The highest BCUT2D eigenvalue weighted by Crippen LogP contribution is 2.36. The fraction of sp³-hybridized carbons (Fsp3) is 0.571. The van der Waals surface area contributed by atoms with Gasteiger partial charge < -0.3 is 10.5 Å². The molecule has 1 atom stereocenters. The van der Waals surface area contributed by atoms with Crippen LogP contribution in [-0.4, -0.2) is 29.5 Å². The molecule has 0 spiro atoms. The molecule has 0 amide bonds. The molecule has 1 aliphatic heterocycles. The first-order valence-electron chi connectivity index (χ1n) is 6.55. The van der Waals surface area contributed by atoms with Gasteiger partial charge in [0.1, 0.15) is 0 Å². The van der Waals surface area contributed by atoms with Gasteiger partial charge in [0.25, 0.3) is 0 Å². The van der Waals surface area contributed by atoms with E-state index in [0.717, 1.165) is 18.5 Å². The molecule has 18 heavy (non-hydrogen) atoms. The van der Waals surface area contributed by atoms with E-state index in [1.807, 2.05) is 6.07 Å². The lowest BCUT2D eigenvalue weighted by Crippen LogP contribution is -2.53. The Kier molecular flexibility index (Phi) is 2.92. The standard InChI is InChI=1S/C14H18N2O2/c15-14(5-8-18-9-6-14)13(17)11-4-3-10-2-1-7-16-12(10)11/h1-2,7,11H,3-6,8-9,15H2. The number of carbonyl (C=O) groups excluding carboxylic acids is 1. The third-order valence-electron chi connectivity index (χ3n) is 4.15. The number of nitrogens with two attached hydrogens (primary N) is 1. The van der Waals surface area contributed by atoms with Gasteiger partial charge in [-0.15, -0.1) is 0 Å². The first-order valence-corrected chi connectivity index (χ1v) is 6.55. The van der Waals surface area contributed by atoms with Crippen LogP contribution in [0, 0.1) is 0 Å². The Hall–Kier alpha value is -1.26. The molecule has 1 fully saturated rings. The lowest BCUT2D eigenvalue weighted by atomic mass is 9.80. The highest BCUT2D eigenvalue weighted by atomic mass is 16.5. The summed E-state index contributed by atoms with van der Waals surface area (Å²) in [5, 5.41) is 0. The fourth-order valence-electron chi connectivity index (χ4n) is 3.00. The zero-order chi connectivity index (χ0) is 12.6. The van der Waals surface area contributed by atoms with Crippen molar-refractivity contribution in [2.24, 2.45) is 5.73 Å². The van der Waals surface area contributed by atoms with Crippen LogP contribution in [0.5, 0.6) is 0 Å². The average Bonchev–Trinajstić information content (AvgIpc) is 2.82. The molecule has 2 N–H and O–H groups in total. The summed E-state index contributed by atoms with van der Waals surface area (Å²) in [5.41, 5.74) is 7.72. The van der Waals surface area contributed by atoms with Crippen LogP contribution in [0.1, 0.15) is 36.4 Å². The van der Waals surface area contributed by atoms with E-state index in [-0.39, 0.29) is 11.7 Å². The predicted octanol–water partition coefficient (Wildman–Crippen LogP) is 1.19. The number of aryl methyl sites for hydroxylation is 1. The van der Waals surface area contributed by atoms with Gasteiger partial charge in [-0.2, -0.15) is 0 Å². The molecule has 0 radical (unpaired) electrons. The van der Waals surface area contributed by atoms with E-state index in [1.165, 1.54) is 5.56 Å². The summed E-state index contributed by atoms with van der Waals surface area (Å²) in [6.45, 7) is 1.17. The molecule has 2 heterocycles. The second-order valence-electron chi connectivity index (χ2n) is 5.27. The maximum Gasteiger partial charge on any atom is 0.161 e. The Morgan fingerprint density at radius 3 is 3.00 bits per heavy atom. The van der Waals surface area contributed by atoms with E-state index in [1.54, 1.807) is 6.20 Å². The lowest BCUT2D eigenvalue weighted by Gasteiger charge is -2.33. The van der Waals surface area contributed by atoms with Crippen molar-refractivity contribution in [3.63, 3.8) is 0 Å². The number of carbonyl (C=O) groups is 1. The summed E-state index contributed by atoms with van der Waals surface area (Å²) in [5.74, 6) is 0.0487. The molecule has 0 aromatic carbocycles. The Morgan fingerprint density at radius 2 is 2.22 bits per heavy atom. The number of hydrogen-bond acceptors (Lipinski definition) is 4. The van der Waals surface area contributed by atoms with Crippen LogP contribution in [0.15, 0.2) is 18.3 Å². The van der Waals surface area contributed by atoms with Crippen molar-refractivity contribution in [3.05, 3.63) is 29.6 Å². The predicted molar refractivity (Wildman–Crippen MR) is 67.3 cm³/mol. The topological polar surface area (TPSA) is 65.2 Å². The van der Waals surface area contributed by atoms with Gasteiger partial charge in [0.2, 0.25) is 0 Å². The zero-order valence-electron chi connectivity index (χ0n) is 10.4. The minimum absolute atomic E-state index is 0.107. The molecule has 1 saturated heterocycles. The van der Waals surface area contributed by atoms with Crippen LogP contribution >= 0.6 is 0 Å². The molecular weight excluding hydrogens is 228 g/mol. The Labute approximate surface area is 107 Å². The van der Waals surface area contributed by atoms with Gasteiger partial charge >= 0.3 is 0 Å². The van der Waals surface area contributed by atoms with E-state index >= 15 is 0 Å². The number of nitrogens with zero attached hydrogens (tertiary/aromatic N) is 1. The summed E-state index contributed by atoms with van der Waals surface area (Å²) in [6.07, 6.45) is 4.81. The van der Waals surface area contributed by atoms with Gasteiger partial charge in [-0.25, -0.2) is 0 Å². The van der Waals surface area contributed by atoms with Crippen molar-refractivity contribution >= 4 is 5.78 Å². The maximum absolute atomic E-state index is 12.7. The van der Waals surface area contributed by atoms with Crippen molar-refractivity contribution in [1.29, 1.82) is 0 Å². The van der Waals surface area contributed by atoms with E-state index in [2.05, 4.69) is 11.1 Å². The highest BCUT2D eigenvalue weighted by molar-refractivity contribution is 5.94. The summed E-state index contributed by atoms with van der Waals surface area (Å²) < 4.78 is 5.30. The van der Waals surface area contributed by atoms with E-state index < -0.39 is 5.54 Å². The maximum atomic E-state index is 12.7. The minimum Gasteiger partial charge on any atom is -0.381 e. The molecule has 96 valence electrons. The quantitative estimate of drug-likeness (QED) is 0.851. The lowest BCUT2D eigenvalue weighted by molar-refractivity contribution is -0.129. The van der Waals surface area contributed by atoms with Crippen LogP contribution in [0.4, 0.5) is 0 Å². The highest BCUT2D eigenvalue weighted by Gasteiger charge is 2.42. The Morgan fingerprint density at radius 1 is 1.44 bits per heavy atom. The number of ketones is 1. The first-order chi connectivity index (χ1) is 8.71. The monoisotopic (exact) mass is 246 g/mol. The molecule has 0 saturated carbocycles. The molecule has 1 unspecified atom stereocenters. The number of rotatable bonds is 2. The molecule has 0 bridgehead atoms. The van der Waals surface area contributed by atoms with Crippen LogP contribution < -0.4 is 5.73 Å². The van der Waals surface area contributed by atoms with Crippen LogP contribution in [0.2, 0.25) is 0 Å². The van der Waals surface area contributed by atoms with Crippen molar-refractivity contribution in [2.45, 2.75) is 37.1 Å². The zero-order valence-corrected chi connectivity index (χ0v) is 10.4. The minimum atomic E-state index is -0.706. The van der Waals surface area contributed by atoms with Gasteiger partial charge in [-0.1, -0.05) is 6.07 Å². The van der Waals surface area contributed by atoms with Crippen LogP contribution in [0.3, 0.4) is 0 Å². The second-order valence-corrected chi connectivity index (χ2v) is 5.27. The molecule has 1 aromatic rings. The number of fused-ring (bicyclic) bond motifs is 1. The van der Waals surface area contributed by atoms with Gasteiger partial charge in [0.15, 0.2) is 5.78 Å². The van der Waals surface area contributed by atoms with E-state index in [9.17, 15) is 4.79 Å². The van der Waals surface area contributed by atoms with E-state index in [0.29, 0.717) is 26.1 Å².